The van der Waals surface area contributed by atoms with Crippen molar-refractivity contribution in [3.63, 3.8) is 0 Å². The summed E-state index contributed by atoms with van der Waals surface area (Å²) in [6.07, 6.45) is 1.60. The number of carbonyl (C=O) groups is 1. The lowest BCUT2D eigenvalue weighted by atomic mass is 9.90. The molecule has 0 fully saturated rings. The fourth-order valence-corrected chi connectivity index (χ4v) is 1.82. The first kappa shape index (κ1) is 12.7. The minimum atomic E-state index is -0.532. The van der Waals surface area contributed by atoms with Gasteiger partial charge in [-0.3, -0.25) is 4.79 Å². The predicted octanol–water partition coefficient (Wildman–Crippen LogP) is 2.07. The monoisotopic (exact) mass is 221 g/mol. The number of carbonyl (C=O) groups excluding carboxylic acids is 1. The van der Waals surface area contributed by atoms with Gasteiger partial charge in [0.25, 0.3) is 0 Å². The second-order valence-electron chi connectivity index (χ2n) is 3.88. The van der Waals surface area contributed by atoms with Gasteiger partial charge in [0.05, 0.1) is 7.11 Å². The van der Waals surface area contributed by atoms with E-state index in [0.717, 1.165) is 6.42 Å². The van der Waals surface area contributed by atoms with Crippen molar-refractivity contribution in [3.05, 3.63) is 35.9 Å². The highest BCUT2D eigenvalue weighted by Crippen LogP contribution is 2.24. The molecule has 1 rings (SSSR count). The van der Waals surface area contributed by atoms with E-state index in [2.05, 4.69) is 23.8 Å². The third-order valence-electron chi connectivity index (χ3n) is 2.81. The first-order chi connectivity index (χ1) is 7.69. The van der Waals surface area contributed by atoms with Crippen LogP contribution in [-0.2, 0) is 9.53 Å². The topological polar surface area (TPSA) is 52.3 Å². The average molecular weight is 221 g/mol. The minimum absolute atomic E-state index is 0.315. The van der Waals surface area contributed by atoms with Crippen molar-refractivity contribution in [2.75, 3.05) is 7.11 Å². The molecule has 88 valence electrons. The van der Waals surface area contributed by atoms with Crippen LogP contribution in [0.25, 0.3) is 0 Å². The molecule has 0 radical (unpaired) electrons. The molecule has 0 aromatic heterocycles. The highest BCUT2D eigenvalue weighted by Gasteiger charge is 2.19. The molecule has 2 atom stereocenters. The molecule has 1 aromatic rings. The zero-order valence-electron chi connectivity index (χ0n) is 9.85. The van der Waals surface area contributed by atoms with Crippen LogP contribution < -0.4 is 5.73 Å². The third-order valence-corrected chi connectivity index (χ3v) is 2.81. The number of ether oxygens (including phenoxy) is 1. The Morgan fingerprint density at radius 1 is 1.38 bits per heavy atom. The Bertz CT molecular complexity index is 324. The largest absolute Gasteiger partial charge is 0.468 e. The first-order valence-electron chi connectivity index (χ1n) is 5.57. The molecular formula is C13H19NO2. The van der Waals surface area contributed by atoms with Crippen LogP contribution in [0.5, 0.6) is 0 Å². The molecule has 1 aromatic carbocycles. The molecule has 0 aliphatic rings. The Balaban J connectivity index is 2.66. The van der Waals surface area contributed by atoms with Crippen molar-refractivity contribution in [1.82, 2.24) is 0 Å². The molecule has 0 unspecified atom stereocenters. The lowest BCUT2D eigenvalue weighted by Crippen LogP contribution is -2.33. The van der Waals surface area contributed by atoms with E-state index in [9.17, 15) is 4.79 Å². The number of nitrogens with two attached hydrogens (primary N) is 1. The van der Waals surface area contributed by atoms with Crippen molar-refractivity contribution in [2.24, 2.45) is 5.73 Å². The second-order valence-corrected chi connectivity index (χ2v) is 3.88. The Hall–Kier alpha value is -1.35. The van der Waals surface area contributed by atoms with E-state index in [4.69, 9.17) is 5.73 Å². The van der Waals surface area contributed by atoms with E-state index in [1.807, 2.05) is 18.2 Å². The van der Waals surface area contributed by atoms with Crippen LogP contribution in [0.3, 0.4) is 0 Å². The van der Waals surface area contributed by atoms with Crippen molar-refractivity contribution in [3.8, 4) is 0 Å². The molecule has 0 saturated heterocycles. The summed E-state index contributed by atoms with van der Waals surface area (Å²) < 4.78 is 4.63. The summed E-state index contributed by atoms with van der Waals surface area (Å²) in [6.45, 7) is 2.10. The molecule has 0 heterocycles. The van der Waals surface area contributed by atoms with Crippen LogP contribution in [0.1, 0.15) is 31.2 Å². The molecule has 16 heavy (non-hydrogen) atoms. The van der Waals surface area contributed by atoms with Crippen molar-refractivity contribution >= 4 is 5.97 Å². The van der Waals surface area contributed by atoms with Gasteiger partial charge in [-0.1, -0.05) is 37.3 Å². The van der Waals surface area contributed by atoms with E-state index in [-0.39, 0.29) is 5.97 Å². The number of hydrogen-bond donors (Lipinski definition) is 1. The average Bonchev–Trinajstić information content (AvgIpc) is 2.35. The zero-order chi connectivity index (χ0) is 12.0. The summed E-state index contributed by atoms with van der Waals surface area (Å²) >= 11 is 0. The quantitative estimate of drug-likeness (QED) is 0.774. The zero-order valence-corrected chi connectivity index (χ0v) is 9.85. The Morgan fingerprint density at radius 2 is 2.00 bits per heavy atom. The van der Waals surface area contributed by atoms with Crippen molar-refractivity contribution < 1.29 is 9.53 Å². The Morgan fingerprint density at radius 3 is 2.50 bits per heavy atom. The number of esters is 1. The highest BCUT2D eigenvalue weighted by molar-refractivity contribution is 5.75. The lowest BCUT2D eigenvalue weighted by Gasteiger charge is -2.18. The molecule has 3 nitrogen and oxygen atoms in total. The second kappa shape index (κ2) is 6.28. The lowest BCUT2D eigenvalue weighted by molar-refractivity contribution is -0.142. The van der Waals surface area contributed by atoms with Crippen molar-refractivity contribution in [1.29, 1.82) is 0 Å². The molecule has 0 aliphatic carbocycles. The summed E-state index contributed by atoms with van der Waals surface area (Å²) in [7, 11) is 1.37. The van der Waals surface area contributed by atoms with Crippen LogP contribution in [0.2, 0.25) is 0 Å². The fourth-order valence-electron chi connectivity index (χ4n) is 1.82. The van der Waals surface area contributed by atoms with Gasteiger partial charge in [0.15, 0.2) is 0 Å². The van der Waals surface area contributed by atoms with Gasteiger partial charge in [-0.15, -0.1) is 0 Å². The van der Waals surface area contributed by atoms with Crippen LogP contribution in [0.4, 0.5) is 0 Å². The molecule has 0 amide bonds. The molecule has 0 saturated carbocycles. The van der Waals surface area contributed by atoms with Crippen LogP contribution in [-0.4, -0.2) is 19.1 Å². The standard InChI is InChI=1S/C13H19NO2/c1-3-10(9-12(14)13(15)16-2)11-7-5-4-6-8-11/h4-8,10,12H,3,9,14H2,1-2H3/t10-,12-/m0/s1. The van der Waals surface area contributed by atoms with Crippen molar-refractivity contribution in [2.45, 2.75) is 31.7 Å². The maximum Gasteiger partial charge on any atom is 0.322 e. The normalized spacial score (nSPS) is 14.2. The van der Waals surface area contributed by atoms with Gasteiger partial charge in [-0.25, -0.2) is 0 Å². The number of rotatable bonds is 5. The third kappa shape index (κ3) is 3.35. The maximum atomic E-state index is 11.2. The van der Waals surface area contributed by atoms with Gasteiger partial charge in [-0.2, -0.15) is 0 Å². The van der Waals surface area contributed by atoms with Crippen LogP contribution >= 0.6 is 0 Å². The smallest absolute Gasteiger partial charge is 0.322 e. The number of benzene rings is 1. The summed E-state index contributed by atoms with van der Waals surface area (Å²) in [5, 5.41) is 0. The van der Waals surface area contributed by atoms with E-state index >= 15 is 0 Å². The molecular weight excluding hydrogens is 202 g/mol. The number of hydrogen-bond acceptors (Lipinski definition) is 3. The van der Waals surface area contributed by atoms with Gasteiger partial charge in [-0.05, 0) is 24.3 Å². The molecule has 3 heteroatoms. The maximum absolute atomic E-state index is 11.2. The molecule has 0 bridgehead atoms. The predicted molar refractivity (Wildman–Crippen MR) is 64.1 cm³/mol. The van der Waals surface area contributed by atoms with Gasteiger partial charge in [0.1, 0.15) is 6.04 Å². The summed E-state index contributed by atoms with van der Waals surface area (Å²) in [5.41, 5.74) is 6.99. The van der Waals surface area contributed by atoms with E-state index in [0.29, 0.717) is 12.3 Å². The van der Waals surface area contributed by atoms with Crippen LogP contribution in [0, 0.1) is 0 Å². The summed E-state index contributed by atoms with van der Waals surface area (Å²) in [4.78, 5) is 11.2. The molecule has 0 spiro atoms. The Labute approximate surface area is 96.6 Å². The molecule has 0 aliphatic heterocycles. The SMILES string of the molecule is CC[C@@H](C[C@H](N)C(=O)OC)c1ccccc1. The fraction of sp³-hybridized carbons (Fsp3) is 0.462. The van der Waals surface area contributed by atoms with Gasteiger partial charge in [0.2, 0.25) is 0 Å². The summed E-state index contributed by atoms with van der Waals surface area (Å²) in [5.74, 6) is -0.0234. The van der Waals surface area contributed by atoms with Gasteiger partial charge < -0.3 is 10.5 Å². The number of methoxy groups -OCH3 is 1. The van der Waals surface area contributed by atoms with E-state index in [1.165, 1.54) is 12.7 Å². The van der Waals surface area contributed by atoms with E-state index < -0.39 is 6.04 Å². The summed E-state index contributed by atoms with van der Waals surface area (Å²) in [6, 6.07) is 9.59. The van der Waals surface area contributed by atoms with Gasteiger partial charge in [0, 0.05) is 0 Å². The Kier molecular flexibility index (Phi) is 4.99. The first-order valence-corrected chi connectivity index (χ1v) is 5.57. The highest BCUT2D eigenvalue weighted by atomic mass is 16.5. The molecule has 2 N–H and O–H groups in total. The van der Waals surface area contributed by atoms with Gasteiger partial charge >= 0.3 is 5.97 Å². The van der Waals surface area contributed by atoms with E-state index in [1.54, 1.807) is 0 Å². The minimum Gasteiger partial charge on any atom is -0.468 e. The van der Waals surface area contributed by atoms with Crippen LogP contribution in [0.15, 0.2) is 30.3 Å².